The molecule has 0 fully saturated rings. The van der Waals surface area contributed by atoms with Crippen molar-refractivity contribution in [2.45, 2.75) is 13.0 Å². The Hall–Kier alpha value is -0.0600. The lowest BCUT2D eigenvalue weighted by Crippen LogP contribution is -2.19. The Bertz CT molecular complexity index is 308. The van der Waals surface area contributed by atoms with Crippen LogP contribution in [0.15, 0.2) is 35.9 Å². The molecule has 0 aliphatic heterocycles. The number of hydrogen-bond acceptors (Lipinski definition) is 1. The second-order valence-corrected chi connectivity index (χ2v) is 4.95. The highest BCUT2D eigenvalue weighted by Crippen LogP contribution is 2.14. The van der Waals surface area contributed by atoms with Gasteiger partial charge in [-0.25, -0.2) is 0 Å². The predicted molar refractivity (Wildman–Crippen MR) is 70.6 cm³/mol. The Morgan fingerprint density at radius 2 is 2.07 bits per heavy atom. The molecule has 76 valence electrons. The molecule has 0 aliphatic rings. The van der Waals surface area contributed by atoms with Crippen molar-refractivity contribution in [3.8, 4) is 0 Å². The van der Waals surface area contributed by atoms with Gasteiger partial charge in [0, 0.05) is 21.2 Å². The van der Waals surface area contributed by atoms with Gasteiger partial charge in [-0.2, -0.15) is 0 Å². The molecular weight excluding hydrogens is 308 g/mol. The first-order chi connectivity index (χ1) is 6.59. The van der Waals surface area contributed by atoms with Gasteiger partial charge in [-0.1, -0.05) is 30.3 Å². The van der Waals surface area contributed by atoms with Gasteiger partial charge in [-0.05, 0) is 47.2 Å². The van der Waals surface area contributed by atoms with Crippen LogP contribution in [0.25, 0.3) is 0 Å². The summed E-state index contributed by atoms with van der Waals surface area (Å²) in [7, 11) is 0. The molecule has 0 saturated carbocycles. The molecule has 0 saturated heterocycles. The van der Waals surface area contributed by atoms with E-state index in [0.717, 1.165) is 0 Å². The highest BCUT2D eigenvalue weighted by atomic mass is 127. The molecule has 0 radical (unpaired) electrons. The van der Waals surface area contributed by atoms with E-state index in [-0.39, 0.29) is 0 Å². The molecule has 1 nitrogen and oxygen atoms in total. The van der Waals surface area contributed by atoms with Crippen molar-refractivity contribution in [1.82, 2.24) is 5.32 Å². The van der Waals surface area contributed by atoms with Crippen LogP contribution in [0.1, 0.15) is 18.5 Å². The molecule has 1 rings (SSSR count). The average Bonchev–Trinajstić information content (AvgIpc) is 2.15. The fraction of sp³-hybridized carbons (Fsp3) is 0.273. The number of halogens is 2. The third-order valence-corrected chi connectivity index (χ3v) is 2.82. The van der Waals surface area contributed by atoms with Crippen LogP contribution in [0.2, 0.25) is 0 Å². The first kappa shape index (κ1) is 12.0. The quantitative estimate of drug-likeness (QED) is 0.834. The molecule has 1 aromatic rings. The minimum atomic E-state index is 0.308. The molecule has 0 bridgehead atoms. The Kier molecular flexibility index (Phi) is 4.92. The molecule has 1 N–H and O–H groups in total. The number of benzene rings is 1. The summed E-state index contributed by atoms with van der Waals surface area (Å²) >= 11 is 7.97. The second kappa shape index (κ2) is 5.73. The Labute approximate surface area is 104 Å². The highest BCUT2D eigenvalue weighted by Gasteiger charge is 2.03. The van der Waals surface area contributed by atoms with Crippen LogP contribution < -0.4 is 5.32 Å². The van der Waals surface area contributed by atoms with Crippen molar-refractivity contribution in [2.24, 2.45) is 0 Å². The van der Waals surface area contributed by atoms with E-state index < -0.39 is 0 Å². The second-order valence-electron chi connectivity index (χ2n) is 3.17. The fourth-order valence-electron chi connectivity index (χ4n) is 1.13. The monoisotopic (exact) mass is 321 g/mol. The summed E-state index contributed by atoms with van der Waals surface area (Å²) in [5, 5.41) is 3.92. The van der Waals surface area contributed by atoms with E-state index in [1.54, 1.807) is 0 Å². The van der Waals surface area contributed by atoms with Crippen molar-refractivity contribution in [3.63, 3.8) is 0 Å². The van der Waals surface area contributed by atoms with Crippen molar-refractivity contribution >= 4 is 34.2 Å². The summed E-state index contributed by atoms with van der Waals surface area (Å²) in [6.45, 7) is 6.40. The van der Waals surface area contributed by atoms with Gasteiger partial charge in [0.25, 0.3) is 0 Å². The largest absolute Gasteiger partial charge is 0.305 e. The zero-order valence-electron chi connectivity index (χ0n) is 8.06. The molecule has 1 atom stereocenters. The maximum absolute atomic E-state index is 5.68. The summed E-state index contributed by atoms with van der Waals surface area (Å²) in [6, 6.07) is 8.75. The lowest BCUT2D eigenvalue weighted by atomic mass is 10.1. The van der Waals surface area contributed by atoms with Crippen LogP contribution in [-0.4, -0.2) is 6.54 Å². The topological polar surface area (TPSA) is 12.0 Å². The van der Waals surface area contributed by atoms with Gasteiger partial charge in [0.05, 0.1) is 0 Å². The third-order valence-electron chi connectivity index (χ3n) is 1.97. The van der Waals surface area contributed by atoms with Crippen molar-refractivity contribution in [1.29, 1.82) is 0 Å². The van der Waals surface area contributed by atoms with Gasteiger partial charge >= 0.3 is 0 Å². The van der Waals surface area contributed by atoms with E-state index in [1.165, 1.54) is 9.13 Å². The fourth-order valence-corrected chi connectivity index (χ4v) is 1.57. The molecule has 0 aliphatic carbocycles. The molecule has 0 aromatic heterocycles. The van der Waals surface area contributed by atoms with E-state index in [0.29, 0.717) is 17.6 Å². The van der Waals surface area contributed by atoms with Gasteiger partial charge in [-0.3, -0.25) is 0 Å². The molecule has 14 heavy (non-hydrogen) atoms. The maximum Gasteiger partial charge on any atom is 0.0313 e. The van der Waals surface area contributed by atoms with E-state index in [4.69, 9.17) is 11.6 Å². The summed E-state index contributed by atoms with van der Waals surface area (Å²) in [4.78, 5) is 0. The van der Waals surface area contributed by atoms with Crippen LogP contribution in [0.5, 0.6) is 0 Å². The van der Waals surface area contributed by atoms with E-state index in [9.17, 15) is 0 Å². The zero-order chi connectivity index (χ0) is 10.6. The van der Waals surface area contributed by atoms with Crippen LogP contribution in [0.3, 0.4) is 0 Å². The van der Waals surface area contributed by atoms with Crippen LogP contribution >= 0.6 is 34.2 Å². The standard InChI is InChI=1S/C11H13ClIN/c1-8(12)7-14-9(2)10-3-5-11(13)6-4-10/h3-6,9,14H,1,7H2,2H3. The molecule has 0 spiro atoms. The van der Waals surface area contributed by atoms with Gasteiger partial charge in [0.15, 0.2) is 0 Å². The molecule has 1 aromatic carbocycles. The SMILES string of the molecule is C=C(Cl)CNC(C)c1ccc(I)cc1. The molecule has 3 heteroatoms. The van der Waals surface area contributed by atoms with Gasteiger partial charge in [0.1, 0.15) is 0 Å². The number of rotatable bonds is 4. The third kappa shape index (κ3) is 3.98. The predicted octanol–water partition coefficient (Wildman–Crippen LogP) is 3.69. The lowest BCUT2D eigenvalue weighted by Gasteiger charge is -2.13. The van der Waals surface area contributed by atoms with E-state index >= 15 is 0 Å². The van der Waals surface area contributed by atoms with Crippen LogP contribution in [0, 0.1) is 3.57 Å². The number of hydrogen-bond donors (Lipinski definition) is 1. The van der Waals surface area contributed by atoms with Gasteiger partial charge < -0.3 is 5.32 Å². The average molecular weight is 322 g/mol. The smallest absolute Gasteiger partial charge is 0.0313 e. The molecular formula is C11H13ClIN. The van der Waals surface area contributed by atoms with Crippen LogP contribution in [-0.2, 0) is 0 Å². The van der Waals surface area contributed by atoms with Crippen molar-refractivity contribution in [2.75, 3.05) is 6.54 Å². The Balaban J connectivity index is 2.56. The minimum Gasteiger partial charge on any atom is -0.305 e. The Morgan fingerprint density at radius 3 is 2.57 bits per heavy atom. The van der Waals surface area contributed by atoms with Crippen molar-refractivity contribution in [3.05, 3.63) is 45.0 Å². The number of nitrogens with one attached hydrogen (secondary N) is 1. The normalized spacial score (nSPS) is 12.5. The summed E-state index contributed by atoms with van der Waals surface area (Å²) < 4.78 is 1.25. The van der Waals surface area contributed by atoms with Gasteiger partial charge in [0.2, 0.25) is 0 Å². The lowest BCUT2D eigenvalue weighted by molar-refractivity contribution is 0.614. The summed E-state index contributed by atoms with van der Waals surface area (Å²) in [6.07, 6.45) is 0. The van der Waals surface area contributed by atoms with E-state index in [1.807, 2.05) is 0 Å². The van der Waals surface area contributed by atoms with Crippen LogP contribution in [0.4, 0.5) is 0 Å². The first-order valence-corrected chi connectivity index (χ1v) is 5.87. The van der Waals surface area contributed by atoms with Gasteiger partial charge in [-0.15, -0.1) is 0 Å². The molecule has 0 amide bonds. The van der Waals surface area contributed by atoms with E-state index in [2.05, 4.69) is 65.7 Å². The highest BCUT2D eigenvalue weighted by molar-refractivity contribution is 14.1. The first-order valence-electron chi connectivity index (χ1n) is 4.41. The Morgan fingerprint density at radius 1 is 1.50 bits per heavy atom. The van der Waals surface area contributed by atoms with Crippen molar-refractivity contribution < 1.29 is 0 Å². The summed E-state index contributed by atoms with van der Waals surface area (Å²) in [5.74, 6) is 0. The zero-order valence-corrected chi connectivity index (χ0v) is 11.0. The summed E-state index contributed by atoms with van der Waals surface area (Å²) in [5.41, 5.74) is 1.27. The maximum atomic E-state index is 5.68. The molecule has 1 unspecified atom stereocenters. The minimum absolute atomic E-state index is 0.308. The molecule has 0 heterocycles.